The molecule has 2 aromatic carbocycles. The van der Waals surface area contributed by atoms with E-state index in [1.807, 2.05) is 13.0 Å². The standard InChI is InChI=1S/C17H15BrCl2N2O2S/c1-2-7-24-15-6-3-10(18)8-12(15)16(23)22-17(25)21-14-9-11(19)4-5-13(14)20/h3-6,8-9H,2,7H2,1H3,(H2,21,22,23,25). The van der Waals surface area contributed by atoms with Crippen LogP contribution >= 0.6 is 51.3 Å². The summed E-state index contributed by atoms with van der Waals surface area (Å²) in [5.41, 5.74) is 0.889. The average Bonchev–Trinajstić information content (AvgIpc) is 2.57. The normalized spacial score (nSPS) is 10.2. The first kappa shape index (κ1) is 20.0. The summed E-state index contributed by atoms with van der Waals surface area (Å²) >= 11 is 20.6. The minimum Gasteiger partial charge on any atom is -0.493 e. The van der Waals surface area contributed by atoms with E-state index in [9.17, 15) is 4.79 Å². The zero-order valence-corrected chi connectivity index (χ0v) is 17.2. The lowest BCUT2D eigenvalue weighted by molar-refractivity contribution is 0.0973. The Morgan fingerprint density at radius 2 is 2.00 bits per heavy atom. The molecule has 0 bridgehead atoms. The van der Waals surface area contributed by atoms with Crippen molar-refractivity contribution in [1.82, 2.24) is 5.32 Å². The van der Waals surface area contributed by atoms with Gasteiger partial charge in [-0.25, -0.2) is 0 Å². The second-order valence-electron chi connectivity index (χ2n) is 5.02. The molecule has 8 heteroatoms. The number of anilines is 1. The van der Waals surface area contributed by atoms with E-state index in [1.165, 1.54) is 0 Å². The Morgan fingerprint density at radius 1 is 1.24 bits per heavy atom. The number of carbonyl (C=O) groups excluding carboxylic acids is 1. The van der Waals surface area contributed by atoms with Crippen LogP contribution in [0.15, 0.2) is 40.9 Å². The molecule has 0 aromatic heterocycles. The fourth-order valence-corrected chi connectivity index (χ4v) is 2.84. The van der Waals surface area contributed by atoms with Crippen LogP contribution in [-0.4, -0.2) is 17.6 Å². The molecule has 132 valence electrons. The number of benzene rings is 2. The summed E-state index contributed by atoms with van der Waals surface area (Å²) in [4.78, 5) is 12.5. The minimum atomic E-state index is -0.386. The van der Waals surface area contributed by atoms with E-state index in [2.05, 4.69) is 26.6 Å². The van der Waals surface area contributed by atoms with Crippen molar-refractivity contribution in [3.63, 3.8) is 0 Å². The summed E-state index contributed by atoms with van der Waals surface area (Å²) in [7, 11) is 0. The second-order valence-corrected chi connectivity index (χ2v) is 7.19. The highest BCUT2D eigenvalue weighted by molar-refractivity contribution is 9.10. The average molecular weight is 462 g/mol. The van der Waals surface area contributed by atoms with Crippen LogP contribution in [0.1, 0.15) is 23.7 Å². The van der Waals surface area contributed by atoms with Crippen LogP contribution in [0.3, 0.4) is 0 Å². The van der Waals surface area contributed by atoms with E-state index in [4.69, 9.17) is 40.2 Å². The summed E-state index contributed by atoms with van der Waals surface area (Å²) in [5, 5.41) is 6.52. The predicted molar refractivity (Wildman–Crippen MR) is 110 cm³/mol. The molecule has 0 saturated carbocycles. The number of carbonyl (C=O) groups is 1. The van der Waals surface area contributed by atoms with Crippen molar-refractivity contribution in [3.05, 3.63) is 56.5 Å². The Kier molecular flexibility index (Phi) is 7.50. The van der Waals surface area contributed by atoms with Gasteiger partial charge in [0.1, 0.15) is 5.75 Å². The highest BCUT2D eigenvalue weighted by atomic mass is 79.9. The van der Waals surface area contributed by atoms with Crippen molar-refractivity contribution < 1.29 is 9.53 Å². The first-order valence-corrected chi connectivity index (χ1v) is 9.36. The van der Waals surface area contributed by atoms with Crippen LogP contribution in [0, 0.1) is 0 Å². The molecule has 0 aliphatic heterocycles. The van der Waals surface area contributed by atoms with Gasteiger partial charge in [0, 0.05) is 9.50 Å². The molecule has 0 saturated heterocycles. The van der Waals surface area contributed by atoms with E-state index in [0.717, 1.165) is 10.9 Å². The highest BCUT2D eigenvalue weighted by Gasteiger charge is 2.15. The number of amides is 1. The number of thiocarbonyl (C=S) groups is 1. The number of halogens is 3. The van der Waals surface area contributed by atoms with Gasteiger partial charge in [0.05, 0.1) is 22.9 Å². The Labute approximate surface area is 170 Å². The van der Waals surface area contributed by atoms with Gasteiger partial charge in [-0.05, 0) is 55.0 Å². The van der Waals surface area contributed by atoms with Crippen LogP contribution in [0.25, 0.3) is 0 Å². The van der Waals surface area contributed by atoms with Crippen molar-refractivity contribution in [3.8, 4) is 5.75 Å². The molecule has 0 atom stereocenters. The lowest BCUT2D eigenvalue weighted by atomic mass is 10.2. The summed E-state index contributed by atoms with van der Waals surface area (Å²) < 4.78 is 6.38. The van der Waals surface area contributed by atoms with Crippen LogP contribution < -0.4 is 15.4 Å². The molecule has 1 amide bonds. The first-order chi connectivity index (χ1) is 11.9. The Balaban J connectivity index is 2.12. The molecule has 0 fully saturated rings. The van der Waals surface area contributed by atoms with Crippen LogP contribution in [0.5, 0.6) is 5.75 Å². The first-order valence-electron chi connectivity index (χ1n) is 7.40. The van der Waals surface area contributed by atoms with Gasteiger partial charge < -0.3 is 10.1 Å². The van der Waals surface area contributed by atoms with E-state index in [0.29, 0.717) is 33.7 Å². The monoisotopic (exact) mass is 460 g/mol. The maximum Gasteiger partial charge on any atom is 0.261 e. The van der Waals surface area contributed by atoms with E-state index in [-0.39, 0.29) is 11.0 Å². The van der Waals surface area contributed by atoms with Crippen LogP contribution in [-0.2, 0) is 0 Å². The zero-order chi connectivity index (χ0) is 18.4. The quantitative estimate of drug-likeness (QED) is 0.563. The van der Waals surface area contributed by atoms with Crippen molar-refractivity contribution in [2.75, 3.05) is 11.9 Å². The number of rotatable bonds is 5. The smallest absolute Gasteiger partial charge is 0.261 e. The largest absolute Gasteiger partial charge is 0.493 e. The molecule has 2 rings (SSSR count). The third-order valence-corrected chi connectivity index (χ3v) is 4.31. The Bertz CT molecular complexity index is 802. The highest BCUT2D eigenvalue weighted by Crippen LogP contribution is 2.26. The molecule has 0 radical (unpaired) electrons. The van der Waals surface area contributed by atoms with Crippen molar-refractivity contribution in [2.45, 2.75) is 13.3 Å². The summed E-state index contributed by atoms with van der Waals surface area (Å²) in [6, 6.07) is 10.1. The molecule has 0 unspecified atom stereocenters. The number of ether oxygens (including phenoxy) is 1. The van der Waals surface area contributed by atoms with E-state index >= 15 is 0 Å². The molecule has 25 heavy (non-hydrogen) atoms. The lowest BCUT2D eigenvalue weighted by Gasteiger charge is -2.14. The number of hydrogen-bond acceptors (Lipinski definition) is 3. The molecule has 2 aromatic rings. The minimum absolute atomic E-state index is 0.107. The summed E-state index contributed by atoms with van der Waals surface area (Å²) in [6.07, 6.45) is 0.838. The topological polar surface area (TPSA) is 50.4 Å². The summed E-state index contributed by atoms with van der Waals surface area (Å²) in [5.74, 6) is 0.106. The molecule has 0 aliphatic rings. The third-order valence-electron chi connectivity index (χ3n) is 3.05. The van der Waals surface area contributed by atoms with Gasteiger partial charge in [-0.1, -0.05) is 46.1 Å². The fourth-order valence-electron chi connectivity index (χ4n) is 1.93. The SMILES string of the molecule is CCCOc1ccc(Br)cc1C(=O)NC(=S)Nc1cc(Cl)ccc1Cl. The summed E-state index contributed by atoms with van der Waals surface area (Å²) in [6.45, 7) is 2.51. The van der Waals surface area contributed by atoms with Gasteiger partial charge in [-0.3, -0.25) is 10.1 Å². The lowest BCUT2D eigenvalue weighted by Crippen LogP contribution is -2.34. The molecule has 4 nitrogen and oxygen atoms in total. The van der Waals surface area contributed by atoms with Gasteiger partial charge in [0.2, 0.25) is 0 Å². The molecule has 0 heterocycles. The number of hydrogen-bond donors (Lipinski definition) is 2. The Morgan fingerprint density at radius 3 is 2.72 bits per heavy atom. The van der Waals surface area contributed by atoms with Crippen LogP contribution in [0.4, 0.5) is 5.69 Å². The fraction of sp³-hybridized carbons (Fsp3) is 0.176. The zero-order valence-electron chi connectivity index (χ0n) is 13.2. The molecular weight excluding hydrogens is 447 g/mol. The second kappa shape index (κ2) is 9.38. The molecular formula is C17H15BrCl2N2O2S. The van der Waals surface area contributed by atoms with Crippen molar-refractivity contribution in [1.29, 1.82) is 0 Å². The van der Waals surface area contributed by atoms with Gasteiger partial charge in [-0.2, -0.15) is 0 Å². The number of nitrogens with one attached hydrogen (secondary N) is 2. The molecule has 2 N–H and O–H groups in total. The maximum absolute atomic E-state index is 12.5. The Hall–Kier alpha value is -1.34. The van der Waals surface area contributed by atoms with E-state index < -0.39 is 0 Å². The van der Waals surface area contributed by atoms with Crippen molar-refractivity contribution in [2.24, 2.45) is 0 Å². The molecule has 0 spiro atoms. The predicted octanol–water partition coefficient (Wildman–Crippen LogP) is 5.67. The van der Waals surface area contributed by atoms with Gasteiger partial charge in [-0.15, -0.1) is 0 Å². The third kappa shape index (κ3) is 5.85. The van der Waals surface area contributed by atoms with Gasteiger partial charge in [0.25, 0.3) is 5.91 Å². The maximum atomic E-state index is 12.5. The molecule has 0 aliphatic carbocycles. The van der Waals surface area contributed by atoms with Crippen molar-refractivity contribution >= 4 is 68.1 Å². The van der Waals surface area contributed by atoms with E-state index in [1.54, 1.807) is 30.3 Å². The van der Waals surface area contributed by atoms with Gasteiger partial charge >= 0.3 is 0 Å². The van der Waals surface area contributed by atoms with Crippen LogP contribution in [0.2, 0.25) is 10.0 Å². The van der Waals surface area contributed by atoms with Gasteiger partial charge in [0.15, 0.2) is 5.11 Å².